The van der Waals surface area contributed by atoms with Gasteiger partial charge in [-0.05, 0) is 66.8 Å². The molecule has 0 aliphatic carbocycles. The van der Waals surface area contributed by atoms with Gasteiger partial charge in [0.15, 0.2) is 0 Å². The van der Waals surface area contributed by atoms with E-state index in [9.17, 15) is 10.0 Å². The van der Waals surface area contributed by atoms with Crippen LogP contribution in [0.2, 0.25) is 0 Å². The Morgan fingerprint density at radius 1 is 0.941 bits per heavy atom. The quantitative estimate of drug-likeness (QED) is 0.113. The second-order valence-corrected chi connectivity index (χ2v) is 8.21. The number of carbonyl (C=O) groups is 1. The zero-order chi connectivity index (χ0) is 24.7. The molecule has 3 N–H and O–H groups in total. The van der Waals surface area contributed by atoms with Crippen molar-refractivity contribution in [1.82, 2.24) is 0 Å². The van der Waals surface area contributed by atoms with Gasteiger partial charge in [0, 0.05) is 23.7 Å². The molecule has 3 rings (SSSR count). The Morgan fingerprint density at radius 3 is 2.15 bits per heavy atom. The summed E-state index contributed by atoms with van der Waals surface area (Å²) in [5.41, 5.74) is 12.9. The largest absolute Gasteiger partial charge is 0.595 e. The first kappa shape index (κ1) is 24.9. The van der Waals surface area contributed by atoms with Gasteiger partial charge < -0.3 is 15.7 Å². The molecule has 0 spiro atoms. The van der Waals surface area contributed by atoms with Gasteiger partial charge in [0.1, 0.15) is 18.1 Å². The Hall–Kier alpha value is -3.71. The number of hydrogen-bond donors (Lipinski definition) is 2. The van der Waals surface area contributed by atoms with Crippen molar-refractivity contribution in [3.63, 3.8) is 0 Å². The van der Waals surface area contributed by atoms with Crippen molar-refractivity contribution in [3.05, 3.63) is 102 Å². The number of hydroxylamine groups is 2. The topological polar surface area (TPSA) is 89.0 Å². The van der Waals surface area contributed by atoms with E-state index in [0.717, 1.165) is 35.1 Å². The zero-order valence-corrected chi connectivity index (χ0v) is 19.6. The Bertz CT molecular complexity index is 1170. The number of aryl methyl sites for hydroxylation is 1. The number of carbonyl (C=O) groups excluding carboxylic acids is 1. The van der Waals surface area contributed by atoms with E-state index in [1.54, 1.807) is 26.0 Å². The van der Waals surface area contributed by atoms with E-state index in [1.165, 1.54) is 5.56 Å². The van der Waals surface area contributed by atoms with Crippen LogP contribution in [0.1, 0.15) is 25.8 Å². The van der Waals surface area contributed by atoms with Crippen LogP contribution in [0.15, 0.2) is 91.2 Å². The van der Waals surface area contributed by atoms with E-state index in [2.05, 4.69) is 37.4 Å². The van der Waals surface area contributed by atoms with Gasteiger partial charge in [0.2, 0.25) is 0 Å². The highest BCUT2D eigenvalue weighted by molar-refractivity contribution is 5.89. The maximum atomic E-state index is 11.7. The molecule has 0 bridgehead atoms. The van der Waals surface area contributed by atoms with Gasteiger partial charge in [-0.25, -0.2) is 4.79 Å². The molecule has 6 heteroatoms. The van der Waals surface area contributed by atoms with E-state index in [-0.39, 0.29) is 5.23 Å². The summed E-state index contributed by atoms with van der Waals surface area (Å²) in [7, 11) is 0. The van der Waals surface area contributed by atoms with Crippen molar-refractivity contribution in [2.45, 2.75) is 26.7 Å². The van der Waals surface area contributed by atoms with Crippen LogP contribution < -0.4 is 15.7 Å². The maximum Gasteiger partial charge on any atom is 0.338 e. The molecule has 3 aromatic carbocycles. The van der Waals surface area contributed by atoms with E-state index in [1.807, 2.05) is 30.3 Å². The third-order valence-corrected chi connectivity index (χ3v) is 5.25. The maximum absolute atomic E-state index is 11.7. The molecule has 3 aromatic rings. The van der Waals surface area contributed by atoms with Crippen molar-refractivity contribution in [1.29, 1.82) is 0 Å². The molecule has 0 saturated carbocycles. The van der Waals surface area contributed by atoms with Crippen molar-refractivity contribution < 1.29 is 19.6 Å². The predicted octanol–water partition coefficient (Wildman–Crippen LogP) is 4.86. The van der Waals surface area contributed by atoms with Crippen LogP contribution in [0.25, 0.3) is 22.3 Å². The van der Waals surface area contributed by atoms with E-state index in [0.29, 0.717) is 29.3 Å². The second-order valence-electron chi connectivity index (χ2n) is 8.21. The average Bonchev–Trinajstić information content (AvgIpc) is 2.82. The van der Waals surface area contributed by atoms with Crippen molar-refractivity contribution in [2.24, 2.45) is 0 Å². The summed E-state index contributed by atoms with van der Waals surface area (Å²) in [6.45, 7) is 10.8. The molecular weight excluding hydrogens is 428 g/mol. The first-order valence-electron chi connectivity index (χ1n) is 11.0. The molecule has 176 valence electrons. The van der Waals surface area contributed by atoms with Gasteiger partial charge in [-0.3, -0.25) is 0 Å². The highest BCUT2D eigenvalue weighted by Gasteiger charge is 2.09. The average molecular weight is 459 g/mol. The van der Waals surface area contributed by atoms with Crippen LogP contribution in [0.4, 0.5) is 5.69 Å². The highest BCUT2D eigenvalue weighted by Crippen LogP contribution is 2.32. The molecule has 0 heterocycles. The summed E-state index contributed by atoms with van der Waals surface area (Å²) in [5.74, 6) is 0.00913. The molecule has 0 fully saturated rings. The lowest BCUT2D eigenvalue weighted by Gasteiger charge is -2.18. The minimum absolute atomic E-state index is 0.348. The van der Waals surface area contributed by atoms with Crippen LogP contribution in [0.3, 0.4) is 0 Å². The standard InChI is InChI=1S/C28H30N2O4/c1-19(2)28(31)34-25-14-11-23(12-15-25)26-16-13-24(18-27(26)29)22-9-7-21(8-10-22)6-5-17-33-30(32)20(3)4/h7-16,18,30H,1,3,5-6,17,29H2,2,4H3. The van der Waals surface area contributed by atoms with Gasteiger partial charge in [-0.2, -0.15) is 10.1 Å². The number of nitrogen functional groups attached to an aromatic ring is 1. The number of nitrogens with one attached hydrogen (secondary N) is 1. The molecule has 0 aliphatic rings. The fraction of sp³-hybridized carbons (Fsp3) is 0.179. The van der Waals surface area contributed by atoms with E-state index >= 15 is 0 Å². The summed E-state index contributed by atoms with van der Waals surface area (Å²) in [4.78, 5) is 16.8. The lowest BCUT2D eigenvalue weighted by atomic mass is 9.97. The van der Waals surface area contributed by atoms with Crippen LogP contribution in [0.5, 0.6) is 5.75 Å². The monoisotopic (exact) mass is 458 g/mol. The summed E-state index contributed by atoms with van der Waals surface area (Å²) >= 11 is 0. The smallest absolute Gasteiger partial charge is 0.338 e. The van der Waals surface area contributed by atoms with Crippen molar-refractivity contribution in [3.8, 4) is 28.0 Å². The molecule has 0 aromatic heterocycles. The molecule has 0 aliphatic heterocycles. The molecular formula is C28H30N2O4. The Labute approximate surface area is 200 Å². The molecule has 1 unspecified atom stereocenters. The van der Waals surface area contributed by atoms with Crippen molar-refractivity contribution >= 4 is 11.7 Å². The Morgan fingerprint density at radius 2 is 1.56 bits per heavy atom. The van der Waals surface area contributed by atoms with Crippen molar-refractivity contribution in [2.75, 3.05) is 12.3 Å². The molecule has 0 amide bonds. The zero-order valence-electron chi connectivity index (χ0n) is 19.6. The van der Waals surface area contributed by atoms with Gasteiger partial charge in [0.05, 0.1) is 0 Å². The number of hydrogen-bond acceptors (Lipinski definition) is 5. The number of allylic oxidation sites excluding steroid dienone is 1. The number of ether oxygens (including phenoxy) is 1. The molecule has 0 radical (unpaired) electrons. The SMILES string of the molecule is C=C(C)C(=O)Oc1ccc(-c2ccc(-c3ccc(CCCO[NH+]([O-])C(=C)C)cc3)cc2N)cc1. The molecule has 6 nitrogen and oxygen atoms in total. The fourth-order valence-electron chi connectivity index (χ4n) is 3.33. The van der Waals surface area contributed by atoms with Gasteiger partial charge in [-0.15, -0.1) is 0 Å². The molecule has 0 saturated heterocycles. The number of rotatable bonds is 10. The third kappa shape index (κ3) is 6.65. The first-order valence-corrected chi connectivity index (χ1v) is 11.0. The van der Waals surface area contributed by atoms with Crippen LogP contribution in [0, 0.1) is 5.21 Å². The predicted molar refractivity (Wildman–Crippen MR) is 136 cm³/mol. The van der Waals surface area contributed by atoms with E-state index < -0.39 is 5.97 Å². The molecule has 1 atom stereocenters. The lowest BCUT2D eigenvalue weighted by Crippen LogP contribution is -3.03. The van der Waals surface area contributed by atoms with E-state index in [4.69, 9.17) is 15.3 Å². The second kappa shape index (κ2) is 11.4. The number of esters is 1. The number of anilines is 1. The third-order valence-electron chi connectivity index (χ3n) is 5.25. The molecule has 34 heavy (non-hydrogen) atoms. The number of nitrogens with two attached hydrogens (primary N) is 1. The highest BCUT2D eigenvalue weighted by atomic mass is 16.9. The first-order chi connectivity index (χ1) is 16.2. The normalized spacial score (nSPS) is 11.6. The lowest BCUT2D eigenvalue weighted by molar-refractivity contribution is -1.02. The Kier molecular flexibility index (Phi) is 8.38. The van der Waals surface area contributed by atoms with Crippen LogP contribution in [-0.4, -0.2) is 12.6 Å². The number of quaternary nitrogens is 1. The number of benzene rings is 3. The van der Waals surface area contributed by atoms with Gasteiger partial charge in [0.25, 0.3) is 0 Å². The summed E-state index contributed by atoms with van der Waals surface area (Å²) in [6, 6.07) is 21.5. The van der Waals surface area contributed by atoms with Crippen LogP contribution in [-0.2, 0) is 16.1 Å². The van der Waals surface area contributed by atoms with Crippen LogP contribution >= 0.6 is 0 Å². The minimum atomic E-state index is -0.450. The fourth-order valence-corrected chi connectivity index (χ4v) is 3.33. The Balaban J connectivity index is 1.63. The minimum Gasteiger partial charge on any atom is -0.595 e. The summed E-state index contributed by atoms with van der Waals surface area (Å²) in [5, 5.41) is 11.1. The van der Waals surface area contributed by atoms with Gasteiger partial charge in [-0.1, -0.05) is 55.1 Å². The summed E-state index contributed by atoms with van der Waals surface area (Å²) < 4.78 is 5.24. The van der Waals surface area contributed by atoms with Gasteiger partial charge >= 0.3 is 5.97 Å². The summed E-state index contributed by atoms with van der Waals surface area (Å²) in [6.07, 6.45) is 1.58.